The minimum Gasteiger partial charge on any atom is -0.497 e. The molecule has 0 spiro atoms. The van der Waals surface area contributed by atoms with Crippen LogP contribution in [0.4, 0.5) is 0 Å². The van der Waals surface area contributed by atoms with E-state index in [1.165, 1.54) is 0 Å². The molecule has 0 aromatic heterocycles. The molecule has 1 heterocycles. The first-order valence-electron chi connectivity index (χ1n) is 7.16. The lowest BCUT2D eigenvalue weighted by Gasteiger charge is -2.38. The molecule has 0 radical (unpaired) electrons. The number of benzene rings is 1. The third-order valence-corrected chi connectivity index (χ3v) is 3.94. The number of carbonyl (C=O) groups excluding carboxylic acids is 1. The maximum absolute atomic E-state index is 12.1. The molecular weight excluding hydrogens is 254 g/mol. The molecule has 0 saturated heterocycles. The normalized spacial score (nSPS) is 23.4. The molecule has 4 heteroatoms. The predicted octanol–water partition coefficient (Wildman–Crippen LogP) is 2.82. The topological polar surface area (TPSA) is 47.6 Å². The monoisotopic (exact) mass is 275 g/mol. The molecule has 2 aliphatic rings. The lowest BCUT2D eigenvalue weighted by molar-refractivity contribution is -0.123. The standard InChI is InChI=1S/C16H21NO3/c1-16(2)9-13(17-15(18)10-4-5-10)12-8-11(19-3)6-7-14(12)20-16/h6-8,10,13H,4-5,9H2,1-3H3,(H,17,18)/t13-/m1/s1. The van der Waals surface area contributed by atoms with E-state index in [0.29, 0.717) is 0 Å². The van der Waals surface area contributed by atoms with Gasteiger partial charge in [-0.25, -0.2) is 0 Å². The summed E-state index contributed by atoms with van der Waals surface area (Å²) in [6, 6.07) is 5.77. The van der Waals surface area contributed by atoms with Gasteiger partial charge in [0.25, 0.3) is 0 Å². The van der Waals surface area contributed by atoms with Gasteiger partial charge in [0.05, 0.1) is 13.2 Å². The van der Waals surface area contributed by atoms with E-state index in [4.69, 9.17) is 9.47 Å². The summed E-state index contributed by atoms with van der Waals surface area (Å²) in [5, 5.41) is 3.17. The Morgan fingerprint density at radius 3 is 2.80 bits per heavy atom. The highest BCUT2D eigenvalue weighted by atomic mass is 16.5. The van der Waals surface area contributed by atoms with Gasteiger partial charge in [0.15, 0.2) is 0 Å². The number of nitrogens with one attached hydrogen (secondary N) is 1. The quantitative estimate of drug-likeness (QED) is 0.922. The second kappa shape index (κ2) is 4.69. The van der Waals surface area contributed by atoms with Crippen LogP contribution in [0.2, 0.25) is 0 Å². The molecule has 1 fully saturated rings. The molecule has 1 aromatic rings. The van der Waals surface area contributed by atoms with Crippen LogP contribution in [0, 0.1) is 5.92 Å². The van der Waals surface area contributed by atoms with Gasteiger partial charge in [-0.1, -0.05) is 0 Å². The Labute approximate surface area is 119 Å². The second-order valence-electron chi connectivity index (χ2n) is 6.31. The fourth-order valence-corrected chi connectivity index (χ4v) is 2.72. The third kappa shape index (κ3) is 2.60. The SMILES string of the molecule is COc1ccc2c(c1)[C@H](NC(=O)C1CC1)CC(C)(C)O2. The summed E-state index contributed by atoms with van der Waals surface area (Å²) in [6.07, 6.45) is 2.80. The van der Waals surface area contributed by atoms with E-state index in [-0.39, 0.29) is 23.5 Å². The summed E-state index contributed by atoms with van der Waals surface area (Å²) in [6.45, 7) is 4.10. The molecule has 1 atom stereocenters. The summed E-state index contributed by atoms with van der Waals surface area (Å²) in [5.74, 6) is 2.01. The lowest BCUT2D eigenvalue weighted by atomic mass is 9.89. The van der Waals surface area contributed by atoms with Gasteiger partial charge in [0.1, 0.15) is 17.1 Å². The van der Waals surface area contributed by atoms with E-state index < -0.39 is 0 Å². The van der Waals surface area contributed by atoms with Crippen molar-refractivity contribution >= 4 is 5.91 Å². The summed E-state index contributed by atoms with van der Waals surface area (Å²) in [5.41, 5.74) is 0.737. The Balaban J connectivity index is 1.90. The average molecular weight is 275 g/mol. The molecule has 0 unspecified atom stereocenters. The van der Waals surface area contributed by atoms with Gasteiger partial charge < -0.3 is 14.8 Å². The van der Waals surface area contributed by atoms with Crippen molar-refractivity contribution < 1.29 is 14.3 Å². The second-order valence-corrected chi connectivity index (χ2v) is 6.31. The van der Waals surface area contributed by atoms with Crippen molar-refractivity contribution in [3.05, 3.63) is 23.8 Å². The Bertz CT molecular complexity index is 535. The summed E-state index contributed by atoms with van der Waals surface area (Å²) >= 11 is 0. The number of hydrogen-bond acceptors (Lipinski definition) is 3. The van der Waals surface area contributed by atoms with Crippen molar-refractivity contribution in [3.8, 4) is 11.5 Å². The summed E-state index contributed by atoms with van der Waals surface area (Å²) < 4.78 is 11.3. The highest BCUT2D eigenvalue weighted by molar-refractivity contribution is 5.81. The zero-order valence-electron chi connectivity index (χ0n) is 12.2. The third-order valence-electron chi connectivity index (χ3n) is 3.94. The molecule has 0 bridgehead atoms. The van der Waals surface area contributed by atoms with E-state index >= 15 is 0 Å². The van der Waals surface area contributed by atoms with Crippen molar-refractivity contribution in [2.24, 2.45) is 5.92 Å². The number of carbonyl (C=O) groups is 1. The van der Waals surface area contributed by atoms with Gasteiger partial charge in [-0.3, -0.25) is 4.79 Å². The predicted molar refractivity (Wildman–Crippen MR) is 75.9 cm³/mol. The molecule has 1 saturated carbocycles. The number of methoxy groups -OCH3 is 1. The number of ether oxygens (including phenoxy) is 2. The highest BCUT2D eigenvalue weighted by Crippen LogP contribution is 2.41. The summed E-state index contributed by atoms with van der Waals surface area (Å²) in [7, 11) is 1.65. The molecule has 4 nitrogen and oxygen atoms in total. The van der Waals surface area contributed by atoms with Crippen LogP contribution in [0.25, 0.3) is 0 Å². The molecule has 1 amide bonds. The Morgan fingerprint density at radius 1 is 1.40 bits per heavy atom. The molecule has 1 N–H and O–H groups in total. The Kier molecular flexibility index (Phi) is 3.11. The van der Waals surface area contributed by atoms with Crippen molar-refractivity contribution in [1.82, 2.24) is 5.32 Å². The van der Waals surface area contributed by atoms with E-state index in [9.17, 15) is 4.79 Å². The molecular formula is C16H21NO3. The molecule has 1 aliphatic carbocycles. The van der Waals surface area contributed by atoms with Crippen molar-refractivity contribution in [2.45, 2.75) is 44.8 Å². The first-order valence-corrected chi connectivity index (χ1v) is 7.16. The fourth-order valence-electron chi connectivity index (χ4n) is 2.72. The van der Waals surface area contributed by atoms with Crippen LogP contribution in [-0.4, -0.2) is 18.6 Å². The number of hydrogen-bond donors (Lipinski definition) is 1. The van der Waals surface area contributed by atoms with Crippen molar-refractivity contribution in [2.75, 3.05) is 7.11 Å². The summed E-state index contributed by atoms with van der Waals surface area (Å²) in [4.78, 5) is 12.1. The molecule has 3 rings (SSSR count). The van der Waals surface area contributed by atoms with Crippen LogP contribution in [0.5, 0.6) is 11.5 Å². The highest BCUT2D eigenvalue weighted by Gasteiger charge is 2.37. The van der Waals surface area contributed by atoms with Crippen molar-refractivity contribution in [1.29, 1.82) is 0 Å². The maximum atomic E-state index is 12.1. The van der Waals surface area contributed by atoms with E-state index in [0.717, 1.165) is 36.3 Å². The zero-order valence-corrected chi connectivity index (χ0v) is 12.2. The van der Waals surface area contributed by atoms with Gasteiger partial charge in [-0.2, -0.15) is 0 Å². The smallest absolute Gasteiger partial charge is 0.223 e. The molecule has 108 valence electrons. The van der Waals surface area contributed by atoms with Crippen LogP contribution in [0.3, 0.4) is 0 Å². The Hall–Kier alpha value is -1.71. The number of amides is 1. The van der Waals surface area contributed by atoms with Gasteiger partial charge in [0, 0.05) is 17.9 Å². The number of rotatable bonds is 3. The van der Waals surface area contributed by atoms with Crippen LogP contribution < -0.4 is 14.8 Å². The van der Waals surface area contributed by atoms with Crippen LogP contribution in [-0.2, 0) is 4.79 Å². The zero-order chi connectivity index (χ0) is 14.3. The maximum Gasteiger partial charge on any atom is 0.223 e. The molecule has 1 aliphatic heterocycles. The molecule has 1 aromatic carbocycles. The molecule has 20 heavy (non-hydrogen) atoms. The van der Waals surface area contributed by atoms with Gasteiger partial charge in [0.2, 0.25) is 5.91 Å². The van der Waals surface area contributed by atoms with Gasteiger partial charge in [-0.05, 0) is 44.9 Å². The minimum atomic E-state index is -0.275. The van der Waals surface area contributed by atoms with E-state index in [2.05, 4.69) is 19.2 Å². The largest absolute Gasteiger partial charge is 0.497 e. The van der Waals surface area contributed by atoms with E-state index in [1.54, 1.807) is 7.11 Å². The van der Waals surface area contributed by atoms with Crippen molar-refractivity contribution in [3.63, 3.8) is 0 Å². The van der Waals surface area contributed by atoms with Crippen LogP contribution >= 0.6 is 0 Å². The van der Waals surface area contributed by atoms with E-state index in [1.807, 2.05) is 18.2 Å². The van der Waals surface area contributed by atoms with Crippen LogP contribution in [0.1, 0.15) is 44.7 Å². The first kappa shape index (κ1) is 13.3. The fraction of sp³-hybridized carbons (Fsp3) is 0.562. The Morgan fingerprint density at radius 2 is 2.15 bits per heavy atom. The van der Waals surface area contributed by atoms with Gasteiger partial charge in [-0.15, -0.1) is 0 Å². The lowest BCUT2D eigenvalue weighted by Crippen LogP contribution is -2.41. The van der Waals surface area contributed by atoms with Gasteiger partial charge >= 0.3 is 0 Å². The van der Waals surface area contributed by atoms with Crippen LogP contribution in [0.15, 0.2) is 18.2 Å². The average Bonchev–Trinajstić information content (AvgIpc) is 3.21. The minimum absolute atomic E-state index is 0.00282. The number of fused-ring (bicyclic) bond motifs is 1. The first-order chi connectivity index (χ1) is 9.48.